The van der Waals surface area contributed by atoms with E-state index in [0.717, 1.165) is 0 Å². The van der Waals surface area contributed by atoms with Gasteiger partial charge in [-0.1, -0.05) is 18.2 Å². The summed E-state index contributed by atoms with van der Waals surface area (Å²) in [6, 6.07) is 10.0. The van der Waals surface area contributed by atoms with Crippen molar-refractivity contribution in [3.8, 4) is 12.1 Å². The summed E-state index contributed by atoms with van der Waals surface area (Å²) in [5.41, 5.74) is 2.83. The predicted molar refractivity (Wildman–Crippen MR) is 80.3 cm³/mol. The van der Waals surface area contributed by atoms with E-state index in [1.165, 1.54) is 32.4 Å². The molecule has 3 rings (SSSR count). The number of benzene rings is 1. The van der Waals surface area contributed by atoms with E-state index >= 15 is 0 Å². The number of nitriles is 2. The molecular weight excluding hydrogens is 314 g/mol. The monoisotopic (exact) mass is 327 g/mol. The zero-order chi connectivity index (χ0) is 17.8. The van der Waals surface area contributed by atoms with Crippen LogP contribution in [0.15, 0.2) is 29.3 Å². The normalized spacial score (nSPS) is 32.2. The number of hydrogen-bond acceptors (Lipinski definition) is 8. The number of nitro groups is 1. The number of nitrogens with two attached hydrogens (primary N) is 1. The average molecular weight is 327 g/mol. The number of amidine groups is 1. The zero-order valence-electron chi connectivity index (χ0n) is 12.9. The Kier molecular flexibility index (Phi) is 3.14. The molecule has 0 radical (unpaired) electrons. The first-order valence-corrected chi connectivity index (χ1v) is 6.94. The summed E-state index contributed by atoms with van der Waals surface area (Å²) in [6.07, 6.45) is 0. The van der Waals surface area contributed by atoms with Gasteiger partial charge < -0.3 is 15.2 Å². The highest BCUT2D eigenvalue weighted by molar-refractivity contribution is 6.00. The molecule has 1 saturated carbocycles. The van der Waals surface area contributed by atoms with E-state index in [1.54, 1.807) is 6.07 Å². The van der Waals surface area contributed by atoms with Crippen molar-refractivity contribution in [2.24, 2.45) is 21.6 Å². The summed E-state index contributed by atoms with van der Waals surface area (Å²) in [7, 11) is 2.56. The van der Waals surface area contributed by atoms with E-state index in [2.05, 4.69) is 11.1 Å². The van der Waals surface area contributed by atoms with Crippen LogP contribution < -0.4 is 5.73 Å². The number of hydrogen-bond donors (Lipinski definition) is 1. The van der Waals surface area contributed by atoms with Gasteiger partial charge >= 0.3 is 0 Å². The first-order valence-electron chi connectivity index (χ1n) is 6.94. The fraction of sp³-hybridized carbons (Fsp3) is 0.400. The van der Waals surface area contributed by atoms with Crippen LogP contribution in [-0.2, 0) is 9.47 Å². The quantitative estimate of drug-likeness (QED) is 0.493. The standard InChI is InChI=1S/C15H13N5O4/c1-23-15(24-2)14(8-17)11(13(14,7-16)12(18)19-15)9-5-3-4-6-10(9)20(21)22/h3-6,11H,1-2H3,(H2,18,19)/t11-,13-,14-/m1/s1. The molecular formula is C15H13N5O4. The first-order chi connectivity index (χ1) is 11.4. The van der Waals surface area contributed by atoms with Crippen LogP contribution in [0.25, 0.3) is 0 Å². The number of rotatable bonds is 4. The van der Waals surface area contributed by atoms with Crippen molar-refractivity contribution in [2.45, 2.75) is 11.8 Å². The second kappa shape index (κ2) is 4.74. The van der Waals surface area contributed by atoms with E-state index in [0.29, 0.717) is 0 Å². The number of ether oxygens (including phenoxy) is 2. The molecule has 9 nitrogen and oxygen atoms in total. The lowest BCUT2D eigenvalue weighted by atomic mass is 9.93. The summed E-state index contributed by atoms with van der Waals surface area (Å²) in [5, 5.41) is 31.0. The Balaban J connectivity index is 2.31. The molecule has 9 heteroatoms. The minimum atomic E-state index is -1.80. The van der Waals surface area contributed by atoms with Crippen LogP contribution in [0.3, 0.4) is 0 Å². The van der Waals surface area contributed by atoms with Crippen molar-refractivity contribution in [3.05, 3.63) is 39.9 Å². The number of methoxy groups -OCH3 is 2. The van der Waals surface area contributed by atoms with Crippen LogP contribution in [0.4, 0.5) is 5.69 Å². The van der Waals surface area contributed by atoms with Gasteiger partial charge in [0.15, 0.2) is 5.41 Å². The summed E-state index contributed by atoms with van der Waals surface area (Å²) in [6.45, 7) is 0. The molecule has 0 bridgehead atoms. The largest absolute Gasteiger partial charge is 0.386 e. The second-order valence-corrected chi connectivity index (χ2v) is 5.58. The fourth-order valence-corrected chi connectivity index (χ4v) is 3.89. The molecule has 2 aliphatic rings. The van der Waals surface area contributed by atoms with Crippen molar-refractivity contribution < 1.29 is 14.4 Å². The lowest BCUT2D eigenvalue weighted by Crippen LogP contribution is -2.41. The van der Waals surface area contributed by atoms with Crippen LogP contribution in [0.2, 0.25) is 0 Å². The molecule has 3 atom stereocenters. The minimum absolute atomic E-state index is 0.126. The van der Waals surface area contributed by atoms with Gasteiger partial charge in [-0.25, -0.2) is 4.99 Å². The average Bonchev–Trinajstić information content (AvgIpc) is 3.17. The molecule has 0 unspecified atom stereocenters. The molecule has 1 aliphatic heterocycles. The lowest BCUT2D eigenvalue weighted by Gasteiger charge is -2.29. The third-order valence-corrected chi connectivity index (χ3v) is 4.93. The maximum absolute atomic E-state index is 11.4. The third-order valence-electron chi connectivity index (χ3n) is 4.93. The number of aliphatic imine (C=N–C) groups is 1. The van der Waals surface area contributed by atoms with E-state index < -0.39 is 27.6 Å². The molecule has 1 fully saturated rings. The number of fused-ring (bicyclic) bond motifs is 1. The van der Waals surface area contributed by atoms with Crippen LogP contribution in [0.1, 0.15) is 11.5 Å². The van der Waals surface area contributed by atoms with Crippen LogP contribution in [-0.4, -0.2) is 30.9 Å². The Morgan fingerprint density at radius 2 is 1.92 bits per heavy atom. The highest BCUT2D eigenvalue weighted by atomic mass is 16.7. The van der Waals surface area contributed by atoms with Gasteiger partial charge in [0.1, 0.15) is 11.3 Å². The molecule has 24 heavy (non-hydrogen) atoms. The maximum atomic E-state index is 11.4. The van der Waals surface area contributed by atoms with E-state index in [9.17, 15) is 20.6 Å². The number of nitrogens with zero attached hydrogens (tertiary/aromatic N) is 4. The van der Waals surface area contributed by atoms with Gasteiger partial charge in [-0.05, 0) is 0 Å². The third kappa shape index (κ3) is 1.37. The zero-order valence-corrected chi connectivity index (χ0v) is 12.9. The smallest absolute Gasteiger partial charge is 0.292 e. The Bertz CT molecular complexity index is 850. The van der Waals surface area contributed by atoms with Gasteiger partial charge in [-0.15, -0.1) is 0 Å². The number of nitro benzene ring substituents is 1. The van der Waals surface area contributed by atoms with Crippen molar-refractivity contribution in [1.29, 1.82) is 10.5 Å². The van der Waals surface area contributed by atoms with Gasteiger partial charge in [0, 0.05) is 31.8 Å². The second-order valence-electron chi connectivity index (χ2n) is 5.58. The Hall–Kier alpha value is -3.01. The van der Waals surface area contributed by atoms with Crippen molar-refractivity contribution in [2.75, 3.05) is 14.2 Å². The summed E-state index contributed by atoms with van der Waals surface area (Å²) in [5.74, 6) is -2.81. The molecule has 0 aromatic heterocycles. The molecule has 1 aromatic carbocycles. The van der Waals surface area contributed by atoms with Gasteiger partial charge in [-0.2, -0.15) is 10.5 Å². The molecule has 0 spiro atoms. The highest BCUT2D eigenvalue weighted by Crippen LogP contribution is 2.82. The fourth-order valence-electron chi connectivity index (χ4n) is 3.89. The maximum Gasteiger partial charge on any atom is 0.292 e. The van der Waals surface area contributed by atoms with Crippen LogP contribution in [0, 0.1) is 43.6 Å². The molecule has 1 heterocycles. The molecule has 2 N–H and O–H groups in total. The SMILES string of the molecule is COC1(OC)N=C(N)[C@@]2(C#N)[C@@H](c3ccccc3[N+](=O)[O-])[C@@]12C#N. The van der Waals surface area contributed by atoms with E-state index in [-0.39, 0.29) is 17.1 Å². The Morgan fingerprint density at radius 1 is 1.29 bits per heavy atom. The molecule has 1 aliphatic carbocycles. The molecule has 122 valence electrons. The van der Waals surface area contributed by atoms with E-state index in [1.807, 2.05) is 6.07 Å². The predicted octanol–water partition coefficient (Wildman–Crippen LogP) is 1.03. The Labute approximate surface area is 137 Å². The topological polar surface area (TPSA) is 148 Å². The van der Waals surface area contributed by atoms with Crippen LogP contribution in [0.5, 0.6) is 0 Å². The highest BCUT2D eigenvalue weighted by Gasteiger charge is 2.94. The van der Waals surface area contributed by atoms with Gasteiger partial charge in [0.05, 0.1) is 17.1 Å². The Morgan fingerprint density at radius 3 is 2.42 bits per heavy atom. The van der Waals surface area contributed by atoms with E-state index in [4.69, 9.17) is 15.2 Å². The molecule has 1 aromatic rings. The molecule has 0 amide bonds. The first kappa shape index (κ1) is 15.9. The van der Waals surface area contributed by atoms with Crippen LogP contribution >= 0.6 is 0 Å². The van der Waals surface area contributed by atoms with Gasteiger partial charge in [-0.3, -0.25) is 10.1 Å². The summed E-state index contributed by atoms with van der Waals surface area (Å²) < 4.78 is 10.6. The lowest BCUT2D eigenvalue weighted by molar-refractivity contribution is -0.385. The summed E-state index contributed by atoms with van der Waals surface area (Å²) in [4.78, 5) is 14.9. The summed E-state index contributed by atoms with van der Waals surface area (Å²) >= 11 is 0. The molecule has 0 saturated heterocycles. The minimum Gasteiger partial charge on any atom is -0.386 e. The van der Waals surface area contributed by atoms with Gasteiger partial charge in [0.25, 0.3) is 11.6 Å². The van der Waals surface area contributed by atoms with Crippen molar-refractivity contribution in [1.82, 2.24) is 0 Å². The van der Waals surface area contributed by atoms with Crippen molar-refractivity contribution in [3.63, 3.8) is 0 Å². The van der Waals surface area contributed by atoms with Gasteiger partial charge in [0.2, 0.25) is 0 Å². The van der Waals surface area contributed by atoms with Crippen molar-refractivity contribution >= 4 is 11.5 Å². The number of para-hydroxylation sites is 1.